The van der Waals surface area contributed by atoms with Crippen molar-refractivity contribution in [2.24, 2.45) is 5.92 Å². The standard InChI is InChI=1S/C13H15FO2/c1-16-12-7-6-10(14)8-11(12)13(15)9-4-2-3-5-9/h6-9H,2-5H2,1H3. The van der Waals surface area contributed by atoms with Gasteiger partial charge in [-0.1, -0.05) is 12.8 Å². The van der Waals surface area contributed by atoms with E-state index in [0.29, 0.717) is 11.3 Å². The number of ether oxygens (including phenoxy) is 1. The summed E-state index contributed by atoms with van der Waals surface area (Å²) in [7, 11) is 1.50. The van der Waals surface area contributed by atoms with Crippen molar-refractivity contribution in [1.29, 1.82) is 0 Å². The van der Waals surface area contributed by atoms with Gasteiger partial charge in [-0.2, -0.15) is 0 Å². The Hall–Kier alpha value is -1.38. The molecule has 3 heteroatoms. The van der Waals surface area contributed by atoms with E-state index < -0.39 is 0 Å². The lowest BCUT2D eigenvalue weighted by molar-refractivity contribution is 0.0919. The van der Waals surface area contributed by atoms with E-state index in [0.717, 1.165) is 25.7 Å². The Morgan fingerprint density at radius 1 is 1.38 bits per heavy atom. The van der Waals surface area contributed by atoms with Crippen molar-refractivity contribution in [2.75, 3.05) is 7.11 Å². The molecule has 0 radical (unpaired) electrons. The molecule has 0 spiro atoms. The molecule has 1 aliphatic carbocycles. The Balaban J connectivity index is 2.30. The van der Waals surface area contributed by atoms with Crippen molar-refractivity contribution in [3.05, 3.63) is 29.6 Å². The molecule has 2 nitrogen and oxygen atoms in total. The highest BCUT2D eigenvalue weighted by Gasteiger charge is 2.26. The minimum atomic E-state index is -0.387. The zero-order valence-corrected chi connectivity index (χ0v) is 9.33. The zero-order valence-electron chi connectivity index (χ0n) is 9.33. The normalized spacial score (nSPS) is 16.4. The van der Waals surface area contributed by atoms with Gasteiger partial charge in [0.15, 0.2) is 5.78 Å². The molecule has 0 amide bonds. The second kappa shape index (κ2) is 4.64. The number of carbonyl (C=O) groups excluding carboxylic acids is 1. The predicted octanol–water partition coefficient (Wildman–Crippen LogP) is 3.21. The van der Waals surface area contributed by atoms with Crippen molar-refractivity contribution in [1.82, 2.24) is 0 Å². The van der Waals surface area contributed by atoms with Crippen LogP contribution >= 0.6 is 0 Å². The first kappa shape index (κ1) is 11.1. The summed E-state index contributed by atoms with van der Waals surface area (Å²) in [4.78, 5) is 12.1. The van der Waals surface area contributed by atoms with E-state index in [1.807, 2.05) is 0 Å². The maximum atomic E-state index is 13.1. The summed E-state index contributed by atoms with van der Waals surface area (Å²) in [6, 6.07) is 4.10. The summed E-state index contributed by atoms with van der Waals surface area (Å²) in [6.45, 7) is 0. The van der Waals surface area contributed by atoms with Gasteiger partial charge in [0, 0.05) is 5.92 Å². The van der Waals surface area contributed by atoms with E-state index in [4.69, 9.17) is 4.74 Å². The van der Waals surface area contributed by atoms with Gasteiger partial charge in [0.2, 0.25) is 0 Å². The summed E-state index contributed by atoms with van der Waals surface area (Å²) in [5.74, 6) is 0.157. The molecule has 1 fully saturated rings. The molecule has 0 N–H and O–H groups in total. The second-order valence-corrected chi connectivity index (χ2v) is 4.19. The van der Waals surface area contributed by atoms with Gasteiger partial charge < -0.3 is 4.74 Å². The van der Waals surface area contributed by atoms with Crippen LogP contribution in [0.4, 0.5) is 4.39 Å². The Labute approximate surface area is 94.4 Å². The quantitative estimate of drug-likeness (QED) is 0.734. The lowest BCUT2D eigenvalue weighted by Crippen LogP contribution is -2.12. The summed E-state index contributed by atoms with van der Waals surface area (Å²) >= 11 is 0. The fourth-order valence-corrected chi connectivity index (χ4v) is 2.28. The Morgan fingerprint density at radius 2 is 2.06 bits per heavy atom. The summed E-state index contributed by atoms with van der Waals surface area (Å²) in [6.07, 6.45) is 4.01. The zero-order chi connectivity index (χ0) is 11.5. The van der Waals surface area contributed by atoms with E-state index in [9.17, 15) is 9.18 Å². The number of ketones is 1. The van der Waals surface area contributed by atoms with Crippen molar-refractivity contribution in [3.63, 3.8) is 0 Å². The molecule has 0 saturated heterocycles. The number of Topliss-reactive ketones (excluding diaryl/α,β-unsaturated/α-hetero) is 1. The number of methoxy groups -OCH3 is 1. The summed E-state index contributed by atoms with van der Waals surface area (Å²) in [5.41, 5.74) is 0.384. The van der Waals surface area contributed by atoms with E-state index in [-0.39, 0.29) is 17.5 Å². The van der Waals surface area contributed by atoms with Gasteiger partial charge in [0.05, 0.1) is 12.7 Å². The summed E-state index contributed by atoms with van der Waals surface area (Å²) in [5, 5.41) is 0. The third-order valence-electron chi connectivity index (χ3n) is 3.15. The van der Waals surface area contributed by atoms with Gasteiger partial charge in [0.25, 0.3) is 0 Å². The SMILES string of the molecule is COc1ccc(F)cc1C(=O)C1CCCC1. The minimum Gasteiger partial charge on any atom is -0.496 e. The number of hydrogen-bond donors (Lipinski definition) is 0. The molecule has 0 aliphatic heterocycles. The monoisotopic (exact) mass is 222 g/mol. The molecule has 1 aromatic rings. The van der Waals surface area contributed by atoms with Gasteiger partial charge in [-0.3, -0.25) is 4.79 Å². The summed E-state index contributed by atoms with van der Waals surface area (Å²) < 4.78 is 18.2. The van der Waals surface area contributed by atoms with Crippen LogP contribution in [0.2, 0.25) is 0 Å². The van der Waals surface area contributed by atoms with Crippen molar-refractivity contribution < 1.29 is 13.9 Å². The average molecular weight is 222 g/mol. The van der Waals surface area contributed by atoms with Crippen LogP contribution in [0.25, 0.3) is 0 Å². The topological polar surface area (TPSA) is 26.3 Å². The molecule has 0 unspecified atom stereocenters. The third-order valence-corrected chi connectivity index (χ3v) is 3.15. The Kier molecular flexibility index (Phi) is 3.22. The average Bonchev–Trinajstić information content (AvgIpc) is 2.81. The highest BCUT2D eigenvalue weighted by Crippen LogP contribution is 2.31. The van der Waals surface area contributed by atoms with E-state index in [2.05, 4.69) is 0 Å². The molecule has 16 heavy (non-hydrogen) atoms. The van der Waals surface area contributed by atoms with Crippen LogP contribution in [0.1, 0.15) is 36.0 Å². The highest BCUT2D eigenvalue weighted by atomic mass is 19.1. The number of hydrogen-bond acceptors (Lipinski definition) is 2. The largest absolute Gasteiger partial charge is 0.496 e. The number of carbonyl (C=O) groups is 1. The Morgan fingerprint density at radius 3 is 2.69 bits per heavy atom. The molecule has 0 atom stereocenters. The predicted molar refractivity (Wildman–Crippen MR) is 59.2 cm³/mol. The lowest BCUT2D eigenvalue weighted by Gasteiger charge is -2.11. The van der Waals surface area contributed by atoms with Gasteiger partial charge in [-0.25, -0.2) is 4.39 Å². The van der Waals surface area contributed by atoms with Gasteiger partial charge in [-0.15, -0.1) is 0 Å². The van der Waals surface area contributed by atoms with Crippen LogP contribution in [0, 0.1) is 11.7 Å². The number of benzene rings is 1. The maximum absolute atomic E-state index is 13.1. The molecular formula is C13H15FO2. The molecule has 0 aromatic heterocycles. The number of halogens is 1. The van der Waals surface area contributed by atoms with Crippen LogP contribution in [-0.2, 0) is 0 Å². The molecular weight excluding hydrogens is 207 g/mol. The second-order valence-electron chi connectivity index (χ2n) is 4.19. The fourth-order valence-electron chi connectivity index (χ4n) is 2.28. The van der Waals surface area contributed by atoms with Crippen LogP contribution < -0.4 is 4.74 Å². The number of rotatable bonds is 3. The van der Waals surface area contributed by atoms with Gasteiger partial charge in [-0.05, 0) is 31.0 Å². The van der Waals surface area contributed by atoms with Crippen LogP contribution in [0.15, 0.2) is 18.2 Å². The molecule has 2 rings (SSSR count). The molecule has 1 aliphatic rings. The molecule has 1 saturated carbocycles. The highest BCUT2D eigenvalue weighted by molar-refractivity contribution is 6.00. The smallest absolute Gasteiger partial charge is 0.169 e. The van der Waals surface area contributed by atoms with E-state index >= 15 is 0 Å². The first-order valence-corrected chi connectivity index (χ1v) is 5.60. The van der Waals surface area contributed by atoms with Gasteiger partial charge >= 0.3 is 0 Å². The van der Waals surface area contributed by atoms with E-state index in [1.54, 1.807) is 0 Å². The Bertz CT molecular complexity index is 395. The first-order chi connectivity index (χ1) is 7.72. The maximum Gasteiger partial charge on any atom is 0.169 e. The molecule has 86 valence electrons. The third kappa shape index (κ3) is 2.08. The molecule has 1 aromatic carbocycles. The fraction of sp³-hybridized carbons (Fsp3) is 0.462. The van der Waals surface area contributed by atoms with Crippen molar-refractivity contribution >= 4 is 5.78 Å². The van der Waals surface area contributed by atoms with Crippen LogP contribution in [0.3, 0.4) is 0 Å². The molecule has 0 heterocycles. The van der Waals surface area contributed by atoms with E-state index in [1.165, 1.54) is 25.3 Å². The lowest BCUT2D eigenvalue weighted by atomic mass is 9.95. The van der Waals surface area contributed by atoms with Crippen molar-refractivity contribution in [3.8, 4) is 5.75 Å². The van der Waals surface area contributed by atoms with Crippen LogP contribution in [0.5, 0.6) is 5.75 Å². The van der Waals surface area contributed by atoms with Crippen LogP contribution in [-0.4, -0.2) is 12.9 Å². The van der Waals surface area contributed by atoms with Gasteiger partial charge in [0.1, 0.15) is 11.6 Å². The minimum absolute atomic E-state index is 0.0221. The van der Waals surface area contributed by atoms with Crippen molar-refractivity contribution in [2.45, 2.75) is 25.7 Å². The first-order valence-electron chi connectivity index (χ1n) is 5.60. The molecule has 0 bridgehead atoms.